The summed E-state index contributed by atoms with van der Waals surface area (Å²) >= 11 is 0. The molecule has 3 heteroatoms. The second kappa shape index (κ2) is 4.65. The monoisotopic (exact) mass is 193 g/mol. The molecule has 0 fully saturated rings. The van der Waals surface area contributed by atoms with Gasteiger partial charge in [0.15, 0.2) is 0 Å². The molecule has 1 rings (SSSR count). The summed E-state index contributed by atoms with van der Waals surface area (Å²) in [6, 6.07) is 7.70. The Morgan fingerprint density at radius 2 is 2.29 bits per heavy atom. The van der Waals surface area contributed by atoms with Crippen molar-refractivity contribution in [3.63, 3.8) is 0 Å². The Labute approximate surface area is 83.9 Å². The zero-order valence-corrected chi connectivity index (χ0v) is 8.49. The molecule has 0 spiro atoms. The number of amides is 1. The molecule has 1 unspecified atom stereocenters. The lowest BCUT2D eigenvalue weighted by atomic mass is 10.2. The Hall–Kier alpha value is -1.51. The van der Waals surface area contributed by atoms with Crippen molar-refractivity contribution in [1.29, 1.82) is 0 Å². The first-order valence-corrected chi connectivity index (χ1v) is 4.59. The minimum absolute atomic E-state index is 0.172. The van der Waals surface area contributed by atoms with E-state index in [0.29, 0.717) is 0 Å². The molecule has 0 saturated heterocycles. The Morgan fingerprint density at radius 3 is 2.86 bits per heavy atom. The van der Waals surface area contributed by atoms with Crippen LogP contribution in [0.5, 0.6) is 5.75 Å². The fourth-order valence-electron chi connectivity index (χ4n) is 1.25. The third-order valence-corrected chi connectivity index (χ3v) is 1.82. The van der Waals surface area contributed by atoms with E-state index in [9.17, 15) is 4.79 Å². The molecule has 1 amide bonds. The fourth-order valence-corrected chi connectivity index (χ4v) is 1.25. The van der Waals surface area contributed by atoms with E-state index in [2.05, 4.69) is 0 Å². The molecule has 0 aliphatic rings. The molecule has 1 aromatic rings. The second-order valence-electron chi connectivity index (χ2n) is 3.42. The first kappa shape index (κ1) is 10.6. The van der Waals surface area contributed by atoms with Crippen LogP contribution >= 0.6 is 0 Å². The topological polar surface area (TPSA) is 52.3 Å². The molecule has 0 radical (unpaired) electrons. The highest BCUT2D eigenvalue weighted by Gasteiger charge is 2.07. The van der Waals surface area contributed by atoms with Gasteiger partial charge in [-0.1, -0.05) is 12.1 Å². The smallest absolute Gasteiger partial charge is 0.221 e. The van der Waals surface area contributed by atoms with Gasteiger partial charge in [-0.25, -0.2) is 0 Å². The van der Waals surface area contributed by atoms with E-state index >= 15 is 0 Å². The summed E-state index contributed by atoms with van der Waals surface area (Å²) in [6.07, 6.45) is 0.0720. The third kappa shape index (κ3) is 3.47. The summed E-state index contributed by atoms with van der Waals surface area (Å²) in [7, 11) is 0. The van der Waals surface area contributed by atoms with Gasteiger partial charge in [-0.3, -0.25) is 4.79 Å². The summed E-state index contributed by atoms with van der Waals surface area (Å²) in [5, 5.41) is 0. The lowest BCUT2D eigenvalue weighted by Crippen LogP contribution is -2.22. The van der Waals surface area contributed by atoms with Gasteiger partial charge in [0.2, 0.25) is 5.91 Å². The number of hydrogen-bond acceptors (Lipinski definition) is 2. The van der Waals surface area contributed by atoms with Crippen molar-refractivity contribution >= 4 is 5.91 Å². The van der Waals surface area contributed by atoms with Crippen LogP contribution in [0, 0.1) is 6.92 Å². The summed E-state index contributed by atoms with van der Waals surface area (Å²) in [4.78, 5) is 10.6. The van der Waals surface area contributed by atoms with Crippen LogP contribution in [0.4, 0.5) is 0 Å². The molecule has 0 bridgehead atoms. The standard InChI is InChI=1S/C11H15NO2/c1-8-4-3-5-10(6-8)14-9(2)7-11(12)13/h3-6,9H,7H2,1-2H3,(H2,12,13). The maximum atomic E-state index is 10.6. The van der Waals surface area contributed by atoms with E-state index in [-0.39, 0.29) is 18.4 Å². The number of hydrogen-bond donors (Lipinski definition) is 1. The average Bonchev–Trinajstić information content (AvgIpc) is 2.01. The normalized spacial score (nSPS) is 12.1. The molecular formula is C11H15NO2. The highest BCUT2D eigenvalue weighted by molar-refractivity contribution is 5.74. The molecule has 14 heavy (non-hydrogen) atoms. The first-order chi connectivity index (χ1) is 6.58. The third-order valence-electron chi connectivity index (χ3n) is 1.82. The quantitative estimate of drug-likeness (QED) is 0.790. The molecule has 76 valence electrons. The van der Waals surface area contributed by atoms with Crippen molar-refractivity contribution in [3.05, 3.63) is 29.8 Å². The molecule has 0 aromatic heterocycles. The van der Waals surface area contributed by atoms with Crippen LogP contribution < -0.4 is 10.5 Å². The van der Waals surface area contributed by atoms with Gasteiger partial charge in [-0.05, 0) is 31.5 Å². The average molecular weight is 193 g/mol. The van der Waals surface area contributed by atoms with Crippen LogP contribution in [-0.2, 0) is 4.79 Å². The minimum atomic E-state index is -0.342. The molecular weight excluding hydrogens is 178 g/mol. The SMILES string of the molecule is Cc1cccc(OC(C)CC(N)=O)c1. The van der Waals surface area contributed by atoms with Crippen molar-refractivity contribution in [2.45, 2.75) is 26.4 Å². The number of primary amides is 1. The molecule has 0 aliphatic carbocycles. The van der Waals surface area contributed by atoms with E-state index in [4.69, 9.17) is 10.5 Å². The van der Waals surface area contributed by atoms with Crippen LogP contribution in [0.3, 0.4) is 0 Å². The van der Waals surface area contributed by atoms with Crippen molar-refractivity contribution < 1.29 is 9.53 Å². The zero-order chi connectivity index (χ0) is 10.6. The van der Waals surface area contributed by atoms with Gasteiger partial charge in [-0.15, -0.1) is 0 Å². The maximum absolute atomic E-state index is 10.6. The van der Waals surface area contributed by atoms with Crippen LogP contribution in [-0.4, -0.2) is 12.0 Å². The predicted molar refractivity (Wildman–Crippen MR) is 55.1 cm³/mol. The van der Waals surface area contributed by atoms with E-state index < -0.39 is 0 Å². The number of aryl methyl sites for hydroxylation is 1. The van der Waals surface area contributed by atoms with Crippen molar-refractivity contribution in [2.24, 2.45) is 5.73 Å². The van der Waals surface area contributed by atoms with Crippen molar-refractivity contribution in [1.82, 2.24) is 0 Å². The number of ether oxygens (including phenoxy) is 1. The van der Waals surface area contributed by atoms with E-state index in [0.717, 1.165) is 11.3 Å². The number of rotatable bonds is 4. The highest BCUT2D eigenvalue weighted by atomic mass is 16.5. The lowest BCUT2D eigenvalue weighted by molar-refractivity contribution is -0.119. The summed E-state index contributed by atoms with van der Waals surface area (Å²) in [5.41, 5.74) is 6.19. The Bertz CT molecular complexity index is 323. The van der Waals surface area contributed by atoms with Gasteiger partial charge in [0, 0.05) is 0 Å². The molecule has 1 aromatic carbocycles. The van der Waals surface area contributed by atoms with Crippen molar-refractivity contribution in [3.8, 4) is 5.75 Å². The lowest BCUT2D eigenvalue weighted by Gasteiger charge is -2.13. The predicted octanol–water partition coefficient (Wildman–Crippen LogP) is 1.64. The molecule has 0 saturated carbocycles. The molecule has 3 nitrogen and oxygen atoms in total. The molecule has 1 atom stereocenters. The van der Waals surface area contributed by atoms with Crippen molar-refractivity contribution in [2.75, 3.05) is 0 Å². The highest BCUT2D eigenvalue weighted by Crippen LogP contribution is 2.14. The van der Waals surface area contributed by atoms with E-state index in [1.807, 2.05) is 38.1 Å². The Balaban J connectivity index is 2.55. The number of carbonyl (C=O) groups is 1. The fraction of sp³-hybridized carbons (Fsp3) is 0.364. The summed E-state index contributed by atoms with van der Waals surface area (Å²) in [5.74, 6) is 0.434. The van der Waals surface area contributed by atoms with Crippen LogP contribution in [0.15, 0.2) is 24.3 Å². The first-order valence-electron chi connectivity index (χ1n) is 4.59. The zero-order valence-electron chi connectivity index (χ0n) is 8.49. The van der Waals surface area contributed by atoms with E-state index in [1.54, 1.807) is 0 Å². The number of nitrogens with two attached hydrogens (primary N) is 1. The summed E-state index contributed by atoms with van der Waals surface area (Å²) < 4.78 is 5.51. The van der Waals surface area contributed by atoms with Crippen LogP contribution in [0.1, 0.15) is 18.9 Å². The van der Waals surface area contributed by atoms with Gasteiger partial charge in [0.05, 0.1) is 6.42 Å². The molecule has 2 N–H and O–H groups in total. The van der Waals surface area contributed by atoms with E-state index in [1.165, 1.54) is 0 Å². The number of carbonyl (C=O) groups excluding carboxylic acids is 1. The van der Waals surface area contributed by atoms with Crippen LogP contribution in [0.25, 0.3) is 0 Å². The minimum Gasteiger partial charge on any atom is -0.490 e. The molecule has 0 aliphatic heterocycles. The van der Waals surface area contributed by atoms with Gasteiger partial charge < -0.3 is 10.5 Å². The van der Waals surface area contributed by atoms with Gasteiger partial charge in [0.1, 0.15) is 11.9 Å². The van der Waals surface area contributed by atoms with Gasteiger partial charge >= 0.3 is 0 Å². The number of benzene rings is 1. The van der Waals surface area contributed by atoms with Gasteiger partial charge in [-0.2, -0.15) is 0 Å². The largest absolute Gasteiger partial charge is 0.490 e. The van der Waals surface area contributed by atoms with Gasteiger partial charge in [0.25, 0.3) is 0 Å². The molecule has 0 heterocycles. The summed E-state index contributed by atoms with van der Waals surface area (Å²) in [6.45, 7) is 3.82. The Kier molecular flexibility index (Phi) is 3.51. The maximum Gasteiger partial charge on any atom is 0.221 e. The van der Waals surface area contributed by atoms with Crippen LogP contribution in [0.2, 0.25) is 0 Å². The Morgan fingerprint density at radius 1 is 1.57 bits per heavy atom. The second-order valence-corrected chi connectivity index (χ2v) is 3.42.